The van der Waals surface area contributed by atoms with Crippen LogP contribution in [-0.2, 0) is 6.54 Å². The van der Waals surface area contributed by atoms with E-state index in [0.29, 0.717) is 6.54 Å². The van der Waals surface area contributed by atoms with Crippen molar-refractivity contribution in [3.05, 3.63) is 46.1 Å². The second kappa shape index (κ2) is 5.17. The van der Waals surface area contributed by atoms with E-state index >= 15 is 0 Å². The SMILES string of the molecule is COc1ccc(CNC(=O)c2n[nH]c(=O)[nH]2)cc1. The minimum atomic E-state index is -0.510. The van der Waals surface area contributed by atoms with E-state index in [1.54, 1.807) is 19.2 Å². The lowest BCUT2D eigenvalue weighted by Crippen LogP contribution is -2.24. The molecule has 0 radical (unpaired) electrons. The van der Waals surface area contributed by atoms with Crippen LogP contribution >= 0.6 is 0 Å². The lowest BCUT2D eigenvalue weighted by atomic mass is 10.2. The predicted molar refractivity (Wildman–Crippen MR) is 63.4 cm³/mol. The van der Waals surface area contributed by atoms with Gasteiger partial charge in [-0.3, -0.25) is 9.78 Å². The van der Waals surface area contributed by atoms with Crippen LogP contribution < -0.4 is 15.7 Å². The molecule has 1 amide bonds. The van der Waals surface area contributed by atoms with Gasteiger partial charge in [0.2, 0.25) is 5.82 Å². The summed E-state index contributed by atoms with van der Waals surface area (Å²) in [5, 5.41) is 8.29. The maximum Gasteiger partial charge on any atom is 0.341 e. The zero-order valence-corrected chi connectivity index (χ0v) is 9.69. The van der Waals surface area contributed by atoms with Crippen LogP contribution in [0.15, 0.2) is 29.1 Å². The molecule has 1 aromatic carbocycles. The van der Waals surface area contributed by atoms with Crippen LogP contribution in [0.2, 0.25) is 0 Å². The van der Waals surface area contributed by atoms with E-state index in [9.17, 15) is 9.59 Å². The molecule has 0 unspecified atom stereocenters. The molecule has 0 aliphatic rings. The Balaban J connectivity index is 1.94. The van der Waals surface area contributed by atoms with Crippen molar-refractivity contribution in [2.45, 2.75) is 6.54 Å². The minimum Gasteiger partial charge on any atom is -0.497 e. The normalized spacial score (nSPS) is 10.1. The molecule has 1 aromatic heterocycles. The number of H-pyrrole nitrogens is 2. The van der Waals surface area contributed by atoms with Gasteiger partial charge in [0.15, 0.2) is 0 Å². The maximum absolute atomic E-state index is 11.6. The molecule has 0 fully saturated rings. The summed E-state index contributed by atoms with van der Waals surface area (Å²) in [4.78, 5) is 24.6. The van der Waals surface area contributed by atoms with Gasteiger partial charge in [-0.1, -0.05) is 12.1 Å². The Hall–Kier alpha value is -2.57. The topological polar surface area (TPSA) is 99.9 Å². The molecule has 7 nitrogen and oxygen atoms in total. The molecule has 7 heteroatoms. The first-order chi connectivity index (χ1) is 8.69. The highest BCUT2D eigenvalue weighted by molar-refractivity contribution is 5.90. The summed E-state index contributed by atoms with van der Waals surface area (Å²) in [6, 6.07) is 7.29. The van der Waals surface area contributed by atoms with E-state index in [1.807, 2.05) is 12.1 Å². The van der Waals surface area contributed by atoms with Crippen molar-refractivity contribution >= 4 is 5.91 Å². The summed E-state index contributed by atoms with van der Waals surface area (Å²) in [6.45, 7) is 0.345. The van der Waals surface area contributed by atoms with Gasteiger partial charge in [0.25, 0.3) is 5.91 Å². The highest BCUT2D eigenvalue weighted by Gasteiger charge is 2.08. The number of amides is 1. The second-order valence-electron chi connectivity index (χ2n) is 3.56. The minimum absolute atomic E-state index is 0.0338. The quantitative estimate of drug-likeness (QED) is 0.711. The molecule has 2 rings (SSSR count). The van der Waals surface area contributed by atoms with Gasteiger partial charge in [-0.2, -0.15) is 0 Å². The number of ether oxygens (including phenoxy) is 1. The predicted octanol–water partition coefficient (Wildman–Crippen LogP) is 0.0366. The van der Waals surface area contributed by atoms with Crippen molar-refractivity contribution in [1.82, 2.24) is 20.5 Å². The smallest absolute Gasteiger partial charge is 0.341 e. The van der Waals surface area contributed by atoms with E-state index in [4.69, 9.17) is 4.74 Å². The van der Waals surface area contributed by atoms with E-state index in [2.05, 4.69) is 20.5 Å². The van der Waals surface area contributed by atoms with Crippen molar-refractivity contribution in [3.63, 3.8) is 0 Å². The van der Waals surface area contributed by atoms with E-state index in [1.165, 1.54) is 0 Å². The van der Waals surface area contributed by atoms with Crippen LogP contribution in [0.1, 0.15) is 16.2 Å². The fourth-order valence-electron chi connectivity index (χ4n) is 1.39. The Labute approximate surface area is 102 Å². The average molecular weight is 248 g/mol. The number of hydrogen-bond acceptors (Lipinski definition) is 4. The van der Waals surface area contributed by atoms with Crippen molar-refractivity contribution < 1.29 is 9.53 Å². The van der Waals surface area contributed by atoms with Crippen molar-refractivity contribution in [2.24, 2.45) is 0 Å². The van der Waals surface area contributed by atoms with Crippen molar-refractivity contribution in [2.75, 3.05) is 7.11 Å². The van der Waals surface area contributed by atoms with Crippen LogP contribution in [0.4, 0.5) is 0 Å². The molecule has 3 N–H and O–H groups in total. The van der Waals surface area contributed by atoms with Crippen LogP contribution in [0.3, 0.4) is 0 Å². The molecule has 94 valence electrons. The first kappa shape index (κ1) is 11.9. The third-order valence-electron chi connectivity index (χ3n) is 2.33. The number of methoxy groups -OCH3 is 1. The van der Waals surface area contributed by atoms with Crippen molar-refractivity contribution in [3.8, 4) is 5.75 Å². The Morgan fingerprint density at radius 3 is 2.67 bits per heavy atom. The van der Waals surface area contributed by atoms with Gasteiger partial charge in [-0.15, -0.1) is 5.10 Å². The van der Waals surface area contributed by atoms with Gasteiger partial charge in [-0.25, -0.2) is 9.89 Å². The lowest BCUT2D eigenvalue weighted by molar-refractivity contribution is 0.0941. The lowest BCUT2D eigenvalue weighted by Gasteiger charge is -2.04. The first-order valence-corrected chi connectivity index (χ1v) is 5.25. The number of benzene rings is 1. The Morgan fingerprint density at radius 2 is 2.11 bits per heavy atom. The number of aromatic amines is 2. The average Bonchev–Trinajstić information content (AvgIpc) is 2.83. The van der Waals surface area contributed by atoms with E-state index < -0.39 is 11.6 Å². The molecule has 0 atom stereocenters. The van der Waals surface area contributed by atoms with Crippen LogP contribution in [0.25, 0.3) is 0 Å². The zero-order valence-electron chi connectivity index (χ0n) is 9.69. The zero-order chi connectivity index (χ0) is 13.0. The molecule has 2 aromatic rings. The highest BCUT2D eigenvalue weighted by atomic mass is 16.5. The molecular formula is C11H12N4O3. The summed E-state index contributed by atoms with van der Waals surface area (Å²) in [5.41, 5.74) is 0.409. The molecule has 0 spiro atoms. The second-order valence-corrected chi connectivity index (χ2v) is 3.56. The van der Waals surface area contributed by atoms with E-state index in [0.717, 1.165) is 11.3 Å². The summed E-state index contributed by atoms with van der Waals surface area (Å²) >= 11 is 0. The van der Waals surface area contributed by atoms with Gasteiger partial charge < -0.3 is 10.1 Å². The monoisotopic (exact) mass is 248 g/mol. The number of nitrogens with zero attached hydrogens (tertiary/aromatic N) is 1. The number of hydrogen-bond donors (Lipinski definition) is 3. The van der Waals surface area contributed by atoms with Crippen LogP contribution in [0.5, 0.6) is 5.75 Å². The Kier molecular flexibility index (Phi) is 3.42. The highest BCUT2D eigenvalue weighted by Crippen LogP contribution is 2.10. The number of nitrogens with one attached hydrogen (secondary N) is 3. The van der Waals surface area contributed by atoms with Gasteiger partial charge in [0, 0.05) is 6.54 Å². The van der Waals surface area contributed by atoms with Crippen LogP contribution in [0, 0.1) is 0 Å². The number of carbonyl (C=O) groups is 1. The summed E-state index contributed by atoms with van der Waals surface area (Å²) in [7, 11) is 1.59. The molecule has 0 saturated heterocycles. The van der Waals surface area contributed by atoms with Crippen LogP contribution in [-0.4, -0.2) is 28.2 Å². The fraction of sp³-hybridized carbons (Fsp3) is 0.182. The third-order valence-corrected chi connectivity index (χ3v) is 2.33. The van der Waals surface area contributed by atoms with Gasteiger partial charge >= 0.3 is 5.69 Å². The first-order valence-electron chi connectivity index (χ1n) is 5.25. The maximum atomic E-state index is 11.6. The summed E-state index contributed by atoms with van der Waals surface area (Å²) in [6.07, 6.45) is 0. The van der Waals surface area contributed by atoms with E-state index in [-0.39, 0.29) is 5.82 Å². The van der Waals surface area contributed by atoms with Crippen molar-refractivity contribution in [1.29, 1.82) is 0 Å². The van der Waals surface area contributed by atoms with Gasteiger partial charge in [-0.05, 0) is 17.7 Å². The van der Waals surface area contributed by atoms with Gasteiger partial charge in [0.05, 0.1) is 7.11 Å². The molecule has 0 saturated carbocycles. The third kappa shape index (κ3) is 2.76. The summed E-state index contributed by atoms with van der Waals surface area (Å²) in [5.74, 6) is 0.277. The number of rotatable bonds is 4. The standard InChI is InChI=1S/C11H12N4O3/c1-18-8-4-2-7(3-5-8)6-12-10(16)9-13-11(17)15-14-9/h2-5H,6H2,1H3,(H,12,16)(H2,13,14,15,17). The fourth-order valence-corrected chi connectivity index (χ4v) is 1.39. The number of aromatic nitrogens is 3. The summed E-state index contributed by atoms with van der Waals surface area (Å²) < 4.78 is 5.03. The Bertz CT molecular complexity index is 585. The molecule has 18 heavy (non-hydrogen) atoms. The molecule has 1 heterocycles. The largest absolute Gasteiger partial charge is 0.497 e. The molecule has 0 aliphatic carbocycles. The molecular weight excluding hydrogens is 236 g/mol. The molecule has 0 bridgehead atoms. The molecule has 0 aliphatic heterocycles. The number of carbonyl (C=O) groups excluding carboxylic acids is 1. The Morgan fingerprint density at radius 1 is 1.39 bits per heavy atom. The van der Waals surface area contributed by atoms with Gasteiger partial charge in [0.1, 0.15) is 5.75 Å².